The number of ketones is 1. The molecule has 0 aromatic heterocycles. The van der Waals surface area contributed by atoms with Gasteiger partial charge in [0.15, 0.2) is 5.78 Å². The van der Waals surface area contributed by atoms with Gasteiger partial charge in [-0.1, -0.05) is 6.92 Å². The number of rotatable bonds is 7. The van der Waals surface area contributed by atoms with Gasteiger partial charge in [-0.2, -0.15) is 0 Å². The number of hydrogen-bond donors (Lipinski definition) is 2. The van der Waals surface area contributed by atoms with Gasteiger partial charge in [0.2, 0.25) is 0 Å². The van der Waals surface area contributed by atoms with Crippen molar-refractivity contribution in [3.05, 3.63) is 23.8 Å². The maximum absolute atomic E-state index is 12.5. The van der Waals surface area contributed by atoms with Crippen molar-refractivity contribution in [3.8, 4) is 5.75 Å². The molecule has 1 aromatic carbocycles. The monoisotopic (exact) mass is 292 g/mol. The van der Waals surface area contributed by atoms with Gasteiger partial charge in [-0.05, 0) is 37.5 Å². The Morgan fingerprint density at radius 1 is 1.57 bits per heavy atom. The zero-order chi connectivity index (χ0) is 15.2. The van der Waals surface area contributed by atoms with Crippen LogP contribution in [0.4, 0.5) is 5.69 Å². The first-order valence-electron chi connectivity index (χ1n) is 7.48. The van der Waals surface area contributed by atoms with Crippen LogP contribution >= 0.6 is 0 Å². The molecule has 1 fully saturated rings. The van der Waals surface area contributed by atoms with Crippen molar-refractivity contribution in [2.24, 2.45) is 0 Å². The summed E-state index contributed by atoms with van der Waals surface area (Å²) in [5.41, 5.74) is 6.96. The van der Waals surface area contributed by atoms with Crippen LogP contribution in [-0.4, -0.2) is 38.2 Å². The summed E-state index contributed by atoms with van der Waals surface area (Å²) in [5, 5.41) is 3.31. The molecule has 0 spiro atoms. The van der Waals surface area contributed by atoms with E-state index in [4.69, 9.17) is 15.2 Å². The van der Waals surface area contributed by atoms with Crippen LogP contribution in [-0.2, 0) is 4.74 Å². The molecule has 1 saturated heterocycles. The zero-order valence-corrected chi connectivity index (χ0v) is 12.7. The average molecular weight is 292 g/mol. The summed E-state index contributed by atoms with van der Waals surface area (Å²) >= 11 is 0. The topological polar surface area (TPSA) is 73.6 Å². The first-order valence-corrected chi connectivity index (χ1v) is 7.48. The zero-order valence-electron chi connectivity index (χ0n) is 12.7. The number of ether oxygens (including phenoxy) is 2. The molecule has 21 heavy (non-hydrogen) atoms. The van der Waals surface area contributed by atoms with Gasteiger partial charge in [0.1, 0.15) is 5.75 Å². The summed E-state index contributed by atoms with van der Waals surface area (Å²) in [7, 11) is 1.56. The molecule has 2 atom stereocenters. The number of anilines is 1. The fourth-order valence-corrected chi connectivity index (χ4v) is 2.59. The molecule has 116 valence electrons. The second-order valence-corrected chi connectivity index (χ2v) is 5.33. The number of nitrogens with two attached hydrogens (primary N) is 1. The van der Waals surface area contributed by atoms with E-state index in [1.807, 2.05) is 6.92 Å². The van der Waals surface area contributed by atoms with E-state index in [0.717, 1.165) is 32.4 Å². The number of Topliss-reactive ketones (excluding diaryl/α,β-unsaturated/α-hetero) is 1. The standard InChI is InChI=1S/C16H24N2O3/c1-3-14(18-10-12-5-4-8-21-12)16(19)11-6-7-15(20-2)13(17)9-11/h6-7,9,12,14,18H,3-5,8,10,17H2,1-2H3. The van der Waals surface area contributed by atoms with E-state index in [1.54, 1.807) is 25.3 Å². The average Bonchev–Trinajstić information content (AvgIpc) is 3.01. The molecule has 1 heterocycles. The lowest BCUT2D eigenvalue weighted by Crippen LogP contribution is -2.40. The minimum absolute atomic E-state index is 0.0600. The molecule has 0 saturated carbocycles. The molecule has 2 unspecified atom stereocenters. The quantitative estimate of drug-likeness (QED) is 0.594. The predicted octanol–water partition coefficient (Wildman–Crippen LogP) is 2.01. The van der Waals surface area contributed by atoms with E-state index in [1.165, 1.54) is 0 Å². The fourth-order valence-electron chi connectivity index (χ4n) is 2.59. The van der Waals surface area contributed by atoms with E-state index >= 15 is 0 Å². The fraction of sp³-hybridized carbons (Fsp3) is 0.562. The Morgan fingerprint density at radius 2 is 2.38 bits per heavy atom. The highest BCUT2D eigenvalue weighted by atomic mass is 16.5. The third-order valence-corrected chi connectivity index (χ3v) is 3.85. The Morgan fingerprint density at radius 3 is 2.95 bits per heavy atom. The summed E-state index contributed by atoms with van der Waals surface area (Å²) in [6.07, 6.45) is 3.13. The molecule has 5 heteroatoms. The van der Waals surface area contributed by atoms with Gasteiger partial charge < -0.3 is 20.5 Å². The molecule has 0 aliphatic carbocycles. The van der Waals surface area contributed by atoms with Gasteiger partial charge in [-0.15, -0.1) is 0 Å². The number of benzene rings is 1. The molecular formula is C16H24N2O3. The largest absolute Gasteiger partial charge is 0.495 e. The number of carbonyl (C=O) groups excluding carboxylic acids is 1. The summed E-state index contributed by atoms with van der Waals surface area (Å²) in [6, 6.07) is 4.96. The van der Waals surface area contributed by atoms with Crippen molar-refractivity contribution in [1.29, 1.82) is 0 Å². The highest BCUT2D eigenvalue weighted by molar-refractivity contribution is 6.01. The van der Waals surface area contributed by atoms with Gasteiger partial charge in [0.05, 0.1) is 24.9 Å². The van der Waals surface area contributed by atoms with Crippen LogP contribution in [0.2, 0.25) is 0 Å². The molecule has 0 amide bonds. The van der Waals surface area contributed by atoms with Crippen molar-refractivity contribution in [2.75, 3.05) is 26.0 Å². The summed E-state index contributed by atoms with van der Waals surface area (Å²) in [5.74, 6) is 0.650. The Labute approximate surface area is 125 Å². The number of nitrogen functional groups attached to an aromatic ring is 1. The summed E-state index contributed by atoms with van der Waals surface area (Å²) in [4.78, 5) is 12.5. The predicted molar refractivity (Wildman–Crippen MR) is 82.8 cm³/mol. The van der Waals surface area contributed by atoms with Gasteiger partial charge in [-0.3, -0.25) is 4.79 Å². The molecule has 1 aromatic rings. The van der Waals surface area contributed by atoms with E-state index in [-0.39, 0.29) is 17.9 Å². The van der Waals surface area contributed by atoms with Gasteiger partial charge in [0, 0.05) is 18.7 Å². The maximum Gasteiger partial charge on any atom is 0.179 e. The molecular weight excluding hydrogens is 268 g/mol. The number of methoxy groups -OCH3 is 1. The Balaban J connectivity index is 1.99. The Bertz CT molecular complexity index is 484. The van der Waals surface area contributed by atoms with E-state index in [2.05, 4.69) is 5.32 Å². The lowest BCUT2D eigenvalue weighted by molar-refractivity contribution is 0.0889. The SMILES string of the molecule is CCC(NCC1CCCO1)C(=O)c1ccc(OC)c(N)c1. The van der Waals surface area contributed by atoms with Crippen molar-refractivity contribution in [2.45, 2.75) is 38.3 Å². The molecule has 1 aliphatic rings. The molecule has 1 aliphatic heterocycles. The molecule has 3 N–H and O–H groups in total. The van der Waals surface area contributed by atoms with Crippen molar-refractivity contribution >= 4 is 11.5 Å². The van der Waals surface area contributed by atoms with Gasteiger partial charge in [-0.25, -0.2) is 0 Å². The van der Waals surface area contributed by atoms with Crippen LogP contribution in [0.15, 0.2) is 18.2 Å². The third kappa shape index (κ3) is 3.95. The third-order valence-electron chi connectivity index (χ3n) is 3.85. The number of nitrogens with one attached hydrogen (secondary N) is 1. The van der Waals surface area contributed by atoms with Crippen molar-refractivity contribution < 1.29 is 14.3 Å². The van der Waals surface area contributed by atoms with Crippen LogP contribution < -0.4 is 15.8 Å². The first-order chi connectivity index (χ1) is 10.2. The van der Waals surface area contributed by atoms with Gasteiger partial charge in [0.25, 0.3) is 0 Å². The molecule has 0 radical (unpaired) electrons. The van der Waals surface area contributed by atoms with Gasteiger partial charge >= 0.3 is 0 Å². The summed E-state index contributed by atoms with van der Waals surface area (Å²) < 4.78 is 10.7. The first kappa shape index (κ1) is 15.8. The lowest BCUT2D eigenvalue weighted by Gasteiger charge is -2.19. The van der Waals surface area contributed by atoms with Crippen LogP contribution in [0.25, 0.3) is 0 Å². The second kappa shape index (κ2) is 7.43. The Kier molecular flexibility index (Phi) is 5.59. The van der Waals surface area contributed by atoms with Crippen LogP contribution in [0, 0.1) is 0 Å². The molecule has 2 rings (SSSR count). The van der Waals surface area contributed by atoms with E-state index in [0.29, 0.717) is 17.0 Å². The molecule has 0 bridgehead atoms. The van der Waals surface area contributed by atoms with E-state index < -0.39 is 0 Å². The number of hydrogen-bond acceptors (Lipinski definition) is 5. The Hall–Kier alpha value is -1.59. The smallest absolute Gasteiger partial charge is 0.179 e. The highest BCUT2D eigenvalue weighted by Crippen LogP contribution is 2.23. The summed E-state index contributed by atoms with van der Waals surface area (Å²) in [6.45, 7) is 3.54. The lowest BCUT2D eigenvalue weighted by atomic mass is 10.0. The van der Waals surface area contributed by atoms with Crippen LogP contribution in [0.5, 0.6) is 5.75 Å². The van der Waals surface area contributed by atoms with E-state index in [9.17, 15) is 4.79 Å². The second-order valence-electron chi connectivity index (χ2n) is 5.33. The van der Waals surface area contributed by atoms with Crippen molar-refractivity contribution in [3.63, 3.8) is 0 Å². The van der Waals surface area contributed by atoms with Crippen LogP contribution in [0.3, 0.4) is 0 Å². The van der Waals surface area contributed by atoms with Crippen LogP contribution in [0.1, 0.15) is 36.5 Å². The normalized spacial score (nSPS) is 19.4. The minimum Gasteiger partial charge on any atom is -0.495 e. The maximum atomic E-state index is 12.5. The highest BCUT2D eigenvalue weighted by Gasteiger charge is 2.22. The molecule has 5 nitrogen and oxygen atoms in total. The van der Waals surface area contributed by atoms with Crippen molar-refractivity contribution in [1.82, 2.24) is 5.32 Å². The number of carbonyl (C=O) groups is 1. The minimum atomic E-state index is -0.206.